The minimum absolute atomic E-state index is 0.0287. The molecule has 2 bridgehead atoms. The number of nitrogens with zero attached hydrogens (tertiary/aromatic N) is 7. The van der Waals surface area contributed by atoms with Crippen molar-refractivity contribution in [3.63, 3.8) is 0 Å². The summed E-state index contributed by atoms with van der Waals surface area (Å²) >= 11 is 0. The molecule has 0 radical (unpaired) electrons. The smallest absolute Gasteiger partial charge is 0.318 e. The Bertz CT molecular complexity index is 2060. The number of alkyl halides is 1. The number of anilines is 2. The number of phenols is 1. The predicted octanol–water partition coefficient (Wildman–Crippen LogP) is 4.74. The van der Waals surface area contributed by atoms with E-state index in [1.165, 1.54) is 12.1 Å². The minimum Gasteiger partial charge on any atom is -0.508 e. The monoisotopic (exact) mass is 737 g/mol. The van der Waals surface area contributed by atoms with Crippen molar-refractivity contribution in [2.45, 2.75) is 69.4 Å². The third kappa shape index (κ3) is 6.47. The second-order valence-corrected chi connectivity index (χ2v) is 15.7. The van der Waals surface area contributed by atoms with Crippen LogP contribution in [-0.4, -0.2) is 107 Å². The Kier molecular flexibility index (Phi) is 9.57. The summed E-state index contributed by atoms with van der Waals surface area (Å²) in [7, 11) is 0. The van der Waals surface area contributed by atoms with Crippen LogP contribution in [0.4, 0.5) is 20.3 Å². The lowest BCUT2D eigenvalue weighted by Gasteiger charge is -2.42. The number of aromatic hydroxyl groups is 1. The normalized spacial score (nSPS) is 27.1. The third-order valence-corrected chi connectivity index (χ3v) is 12.2. The van der Waals surface area contributed by atoms with Gasteiger partial charge in [-0.15, -0.1) is 6.42 Å². The molecule has 13 heteroatoms. The molecule has 54 heavy (non-hydrogen) atoms. The summed E-state index contributed by atoms with van der Waals surface area (Å²) < 4.78 is 42.1. The van der Waals surface area contributed by atoms with Gasteiger partial charge in [-0.05, 0) is 62.1 Å². The summed E-state index contributed by atoms with van der Waals surface area (Å²) in [6, 6.07) is 8.14. The number of ether oxygens (including phenoxy) is 2. The Balaban J connectivity index is 1.14. The van der Waals surface area contributed by atoms with Crippen molar-refractivity contribution >= 4 is 28.2 Å². The van der Waals surface area contributed by atoms with E-state index in [1.807, 2.05) is 11.8 Å². The SMILES string of the molecule is C#Cc1c(F)ccc2cc(O)cc(N3CCc4c(nc(OC[C@]5(C)C[C@@H](F)CN5CC5CCOCC5)nc4N4C[C@H]5CC(C#N)[C@@H](C4)N5C(=O)C=C)C3)c12. The lowest BCUT2D eigenvalue weighted by molar-refractivity contribution is -0.129. The van der Waals surface area contributed by atoms with Crippen molar-refractivity contribution in [2.75, 3.05) is 62.3 Å². The molecule has 0 saturated carbocycles. The number of halogens is 2. The lowest BCUT2D eigenvalue weighted by Crippen LogP contribution is -2.56. The zero-order valence-electron chi connectivity index (χ0n) is 30.5. The van der Waals surface area contributed by atoms with Gasteiger partial charge in [-0.3, -0.25) is 9.69 Å². The van der Waals surface area contributed by atoms with Gasteiger partial charge >= 0.3 is 6.01 Å². The van der Waals surface area contributed by atoms with Gasteiger partial charge in [0.15, 0.2) is 0 Å². The van der Waals surface area contributed by atoms with Gasteiger partial charge in [0.25, 0.3) is 0 Å². The highest BCUT2D eigenvalue weighted by Crippen LogP contribution is 2.42. The van der Waals surface area contributed by atoms with Crippen LogP contribution in [0.15, 0.2) is 36.9 Å². The van der Waals surface area contributed by atoms with E-state index in [1.54, 1.807) is 23.1 Å². The van der Waals surface area contributed by atoms with Crippen LogP contribution < -0.4 is 14.5 Å². The van der Waals surface area contributed by atoms with E-state index < -0.39 is 17.5 Å². The van der Waals surface area contributed by atoms with Gasteiger partial charge in [0.2, 0.25) is 5.91 Å². The van der Waals surface area contributed by atoms with Crippen LogP contribution in [-0.2, 0) is 22.5 Å². The zero-order valence-corrected chi connectivity index (χ0v) is 30.5. The van der Waals surface area contributed by atoms with Crippen molar-refractivity contribution in [3.8, 4) is 30.2 Å². The Morgan fingerprint density at radius 1 is 1.22 bits per heavy atom. The summed E-state index contributed by atoms with van der Waals surface area (Å²) in [5.41, 5.74) is 1.75. The summed E-state index contributed by atoms with van der Waals surface area (Å²) in [6.45, 7) is 10.1. The molecule has 1 N–H and O–H groups in total. The molecular weight excluding hydrogens is 692 g/mol. The van der Waals surface area contributed by atoms with Crippen molar-refractivity contribution in [3.05, 3.63) is 59.6 Å². The van der Waals surface area contributed by atoms with E-state index in [0.29, 0.717) is 85.9 Å². The highest BCUT2D eigenvalue weighted by molar-refractivity contribution is 6.00. The first kappa shape index (κ1) is 36.0. The molecule has 5 aliphatic rings. The molecule has 1 unspecified atom stereocenters. The molecule has 4 saturated heterocycles. The Morgan fingerprint density at radius 2 is 2.04 bits per heavy atom. The Hall–Kier alpha value is -4.98. The molecule has 282 valence electrons. The average Bonchev–Trinajstić information content (AvgIpc) is 3.59. The maximum atomic E-state index is 15.1. The van der Waals surface area contributed by atoms with Gasteiger partial charge < -0.3 is 29.3 Å². The average molecular weight is 738 g/mol. The summed E-state index contributed by atoms with van der Waals surface area (Å²) in [5.74, 6) is 2.62. The molecule has 0 spiro atoms. The van der Waals surface area contributed by atoms with Gasteiger partial charge in [-0.2, -0.15) is 15.2 Å². The first-order chi connectivity index (χ1) is 26.1. The molecule has 5 aliphatic heterocycles. The van der Waals surface area contributed by atoms with Crippen molar-refractivity contribution in [1.82, 2.24) is 19.8 Å². The van der Waals surface area contributed by atoms with E-state index in [4.69, 9.17) is 25.9 Å². The minimum atomic E-state index is -0.972. The van der Waals surface area contributed by atoms with Crippen LogP contribution >= 0.6 is 0 Å². The molecule has 11 nitrogen and oxygen atoms in total. The van der Waals surface area contributed by atoms with Gasteiger partial charge in [0.1, 0.15) is 30.2 Å². The van der Waals surface area contributed by atoms with Crippen LogP contribution in [0.25, 0.3) is 10.8 Å². The third-order valence-electron chi connectivity index (χ3n) is 12.2. The molecule has 0 aliphatic carbocycles. The Morgan fingerprint density at radius 3 is 2.80 bits per heavy atom. The second kappa shape index (κ2) is 14.3. The lowest BCUT2D eigenvalue weighted by atomic mass is 9.95. The van der Waals surface area contributed by atoms with E-state index in [-0.39, 0.29) is 47.8 Å². The van der Waals surface area contributed by atoms with Crippen molar-refractivity contribution in [2.24, 2.45) is 11.8 Å². The van der Waals surface area contributed by atoms with Crippen LogP contribution in [0.1, 0.15) is 49.4 Å². The second-order valence-electron chi connectivity index (χ2n) is 15.7. The van der Waals surface area contributed by atoms with E-state index >= 15 is 8.78 Å². The van der Waals surface area contributed by atoms with Crippen LogP contribution in [0, 0.1) is 41.3 Å². The van der Waals surface area contributed by atoms with Crippen LogP contribution in [0.2, 0.25) is 0 Å². The van der Waals surface area contributed by atoms with E-state index in [0.717, 1.165) is 38.2 Å². The maximum absolute atomic E-state index is 15.1. The number of phenolic OH excluding ortho intramolecular Hbond substituents is 1. The number of piperazine rings is 1. The predicted molar refractivity (Wildman–Crippen MR) is 199 cm³/mol. The molecule has 1 amide bonds. The van der Waals surface area contributed by atoms with E-state index in [9.17, 15) is 15.2 Å². The largest absolute Gasteiger partial charge is 0.508 e. The molecule has 6 heterocycles. The topological polar surface area (TPSA) is 118 Å². The van der Waals surface area contributed by atoms with Crippen LogP contribution in [0.5, 0.6) is 11.8 Å². The number of hydrogen-bond acceptors (Lipinski definition) is 10. The number of carbonyl (C=O) groups excluding carboxylic acids is 1. The molecule has 5 atom stereocenters. The molecule has 2 aromatic carbocycles. The fourth-order valence-corrected chi connectivity index (χ4v) is 9.47. The quantitative estimate of drug-likeness (QED) is 0.257. The first-order valence-electron chi connectivity index (χ1n) is 18.8. The number of terminal acetylenes is 1. The number of amides is 1. The highest BCUT2D eigenvalue weighted by Gasteiger charge is 2.49. The number of rotatable bonds is 8. The first-order valence-corrected chi connectivity index (χ1v) is 18.8. The highest BCUT2D eigenvalue weighted by atomic mass is 19.1. The number of likely N-dealkylation sites (tertiary alicyclic amines) is 1. The number of aromatic nitrogens is 2. The molecule has 1 aromatic heterocycles. The molecule has 3 aromatic rings. The number of benzene rings is 2. The van der Waals surface area contributed by atoms with Gasteiger partial charge in [-0.1, -0.05) is 18.6 Å². The number of fused-ring (bicyclic) bond motifs is 4. The summed E-state index contributed by atoms with van der Waals surface area (Å²) in [5, 5.41) is 21.9. The molecular formula is C41H45F2N7O4. The Labute approximate surface area is 314 Å². The number of hydrogen-bond donors (Lipinski definition) is 1. The van der Waals surface area contributed by atoms with Crippen LogP contribution in [0.3, 0.4) is 0 Å². The van der Waals surface area contributed by atoms with E-state index in [2.05, 4.69) is 28.4 Å². The standard InChI is InChI=1S/C41H45F2N7O4/c1-4-31-33(43)7-6-26-15-30(51)16-35(38(26)31)47-11-8-32-34(22-47)45-40(54-24-41(3)17-28(42)20-49(41)19-25-9-12-53-13-10-25)46-39(32)48-21-29-14-27(18-44)36(23-48)50(29)37(52)5-2/h1,5-7,15-16,25,27-29,36,51H,2,8-14,17,19-24H2,3H3/t27?,28-,29-,36-,41+/m1/s1. The number of nitriles is 1. The van der Waals surface area contributed by atoms with Crippen molar-refractivity contribution < 1.29 is 28.2 Å². The van der Waals surface area contributed by atoms with Gasteiger partial charge in [0, 0.05) is 75.1 Å². The summed E-state index contributed by atoms with van der Waals surface area (Å²) in [4.78, 5) is 31.1. The van der Waals surface area contributed by atoms with Crippen molar-refractivity contribution in [1.29, 1.82) is 5.26 Å². The maximum Gasteiger partial charge on any atom is 0.318 e. The fraction of sp³-hybridized carbons (Fsp3) is 0.512. The zero-order chi connectivity index (χ0) is 37.7. The molecule has 4 fully saturated rings. The van der Waals surface area contributed by atoms with Gasteiger partial charge in [-0.25, -0.2) is 8.78 Å². The number of carbonyl (C=O) groups is 1. The summed E-state index contributed by atoms with van der Waals surface area (Å²) in [6.07, 6.45) is 9.45. The molecule has 8 rings (SSSR count). The van der Waals surface area contributed by atoms with Gasteiger partial charge in [0.05, 0.1) is 47.4 Å². The fourth-order valence-electron chi connectivity index (χ4n) is 9.47.